The molecule has 1 aromatic heterocycles. The zero-order chi connectivity index (χ0) is 18.5. The van der Waals surface area contributed by atoms with Crippen LogP contribution in [0.1, 0.15) is 21.6 Å². The lowest BCUT2D eigenvalue weighted by molar-refractivity contribution is 0.0954. The number of carbonyl (C=O) groups is 1. The van der Waals surface area contributed by atoms with Crippen molar-refractivity contribution in [2.75, 3.05) is 13.7 Å². The minimum Gasteiger partial charge on any atom is -0.495 e. The average molecular weight is 370 g/mol. The van der Waals surface area contributed by atoms with E-state index in [-0.39, 0.29) is 5.91 Å². The third-order valence-corrected chi connectivity index (χ3v) is 4.44. The number of aryl methyl sites for hydroxylation is 1. The van der Waals surface area contributed by atoms with Gasteiger partial charge in [0.2, 0.25) is 0 Å². The molecule has 1 amide bonds. The number of halogens is 1. The summed E-state index contributed by atoms with van der Waals surface area (Å²) >= 11 is 6.14. The van der Waals surface area contributed by atoms with Gasteiger partial charge in [-0.25, -0.2) is 4.98 Å². The van der Waals surface area contributed by atoms with Crippen LogP contribution in [-0.4, -0.2) is 29.1 Å². The molecule has 5 nitrogen and oxygen atoms in total. The first-order chi connectivity index (χ1) is 12.6. The lowest BCUT2D eigenvalue weighted by Gasteiger charge is -2.12. The highest BCUT2D eigenvalue weighted by atomic mass is 35.5. The molecule has 0 aliphatic carbocycles. The Morgan fingerprint density at radius 1 is 1.27 bits per heavy atom. The van der Waals surface area contributed by atoms with Crippen molar-refractivity contribution in [3.05, 3.63) is 76.8 Å². The number of amides is 1. The third-order valence-electron chi connectivity index (χ3n) is 4.07. The van der Waals surface area contributed by atoms with Crippen molar-refractivity contribution in [2.45, 2.75) is 13.3 Å². The number of imidazole rings is 1. The minimum absolute atomic E-state index is 0.149. The summed E-state index contributed by atoms with van der Waals surface area (Å²) in [4.78, 5) is 16.6. The van der Waals surface area contributed by atoms with Gasteiger partial charge in [0.15, 0.2) is 0 Å². The fourth-order valence-corrected chi connectivity index (χ4v) is 2.93. The standard InChI is InChI=1S/C20H20ClN3O2/c1-14-12-24(13-23-14)18-8-7-16(11-19(18)26-2)20(25)22-10-9-15-5-3-4-6-17(15)21/h3-8,11-13H,9-10H2,1-2H3,(H,22,25). The maximum absolute atomic E-state index is 12.4. The molecule has 134 valence electrons. The summed E-state index contributed by atoms with van der Waals surface area (Å²) < 4.78 is 7.31. The Hall–Kier alpha value is -2.79. The number of benzene rings is 2. The Morgan fingerprint density at radius 2 is 2.08 bits per heavy atom. The van der Waals surface area contributed by atoms with Crippen molar-refractivity contribution < 1.29 is 9.53 Å². The molecule has 1 N–H and O–H groups in total. The maximum atomic E-state index is 12.4. The van der Waals surface area contributed by atoms with Gasteiger partial charge in [-0.05, 0) is 43.2 Å². The Morgan fingerprint density at radius 3 is 2.77 bits per heavy atom. The first-order valence-corrected chi connectivity index (χ1v) is 8.67. The van der Waals surface area contributed by atoms with Crippen molar-refractivity contribution >= 4 is 17.5 Å². The van der Waals surface area contributed by atoms with Gasteiger partial charge in [0.1, 0.15) is 5.75 Å². The Labute approximate surface area is 157 Å². The average Bonchev–Trinajstić information content (AvgIpc) is 3.08. The highest BCUT2D eigenvalue weighted by Crippen LogP contribution is 2.24. The molecule has 0 spiro atoms. The van der Waals surface area contributed by atoms with Crippen molar-refractivity contribution in [3.8, 4) is 11.4 Å². The Bertz CT molecular complexity index is 921. The second kappa shape index (κ2) is 8.06. The molecule has 6 heteroatoms. The molecular formula is C20H20ClN3O2. The van der Waals surface area contributed by atoms with Gasteiger partial charge in [0, 0.05) is 23.3 Å². The van der Waals surface area contributed by atoms with E-state index in [4.69, 9.17) is 16.3 Å². The molecule has 0 radical (unpaired) electrons. The van der Waals surface area contributed by atoms with Crippen LogP contribution in [0.15, 0.2) is 55.0 Å². The molecule has 3 rings (SSSR count). The van der Waals surface area contributed by atoms with Crippen molar-refractivity contribution in [1.29, 1.82) is 0 Å². The van der Waals surface area contributed by atoms with Gasteiger partial charge >= 0.3 is 0 Å². The molecular weight excluding hydrogens is 350 g/mol. The van der Waals surface area contributed by atoms with Crippen LogP contribution in [0.4, 0.5) is 0 Å². The number of ether oxygens (including phenoxy) is 1. The van der Waals surface area contributed by atoms with E-state index in [2.05, 4.69) is 10.3 Å². The third kappa shape index (κ3) is 4.06. The lowest BCUT2D eigenvalue weighted by atomic mass is 10.1. The van der Waals surface area contributed by atoms with Crippen molar-refractivity contribution in [2.24, 2.45) is 0 Å². The van der Waals surface area contributed by atoms with Gasteiger partial charge < -0.3 is 14.6 Å². The van der Waals surface area contributed by atoms with Gasteiger partial charge in [-0.3, -0.25) is 4.79 Å². The van der Waals surface area contributed by atoms with Crippen LogP contribution in [-0.2, 0) is 6.42 Å². The molecule has 0 saturated heterocycles. The second-order valence-corrected chi connectivity index (χ2v) is 6.31. The minimum atomic E-state index is -0.149. The maximum Gasteiger partial charge on any atom is 0.251 e. The van der Waals surface area contributed by atoms with Gasteiger partial charge in [0.25, 0.3) is 5.91 Å². The van der Waals surface area contributed by atoms with E-state index in [1.54, 1.807) is 25.6 Å². The molecule has 2 aromatic carbocycles. The number of hydrogen-bond donors (Lipinski definition) is 1. The van der Waals surface area contributed by atoms with E-state index in [0.717, 1.165) is 16.9 Å². The number of rotatable bonds is 6. The SMILES string of the molecule is COc1cc(C(=O)NCCc2ccccc2Cl)ccc1-n1cnc(C)c1. The van der Waals surface area contributed by atoms with E-state index < -0.39 is 0 Å². The highest BCUT2D eigenvalue weighted by molar-refractivity contribution is 6.31. The predicted octanol–water partition coefficient (Wildman–Crippen LogP) is 3.82. The quantitative estimate of drug-likeness (QED) is 0.718. The first kappa shape index (κ1) is 18.0. The van der Waals surface area contributed by atoms with Crippen LogP contribution in [0.2, 0.25) is 5.02 Å². The second-order valence-electron chi connectivity index (χ2n) is 5.91. The van der Waals surface area contributed by atoms with Gasteiger partial charge in [-0.1, -0.05) is 29.8 Å². The van der Waals surface area contributed by atoms with Crippen molar-refractivity contribution in [3.63, 3.8) is 0 Å². The summed E-state index contributed by atoms with van der Waals surface area (Å²) in [5.74, 6) is 0.463. The van der Waals surface area contributed by atoms with Gasteiger partial charge in [-0.15, -0.1) is 0 Å². The monoisotopic (exact) mass is 369 g/mol. The smallest absolute Gasteiger partial charge is 0.251 e. The molecule has 26 heavy (non-hydrogen) atoms. The number of aromatic nitrogens is 2. The predicted molar refractivity (Wildman–Crippen MR) is 102 cm³/mol. The van der Waals surface area contributed by atoms with E-state index in [0.29, 0.717) is 29.3 Å². The van der Waals surface area contributed by atoms with Crippen LogP contribution in [0, 0.1) is 6.92 Å². The first-order valence-electron chi connectivity index (χ1n) is 8.29. The van der Waals surface area contributed by atoms with E-state index in [1.165, 1.54) is 0 Å². The Balaban J connectivity index is 1.69. The van der Waals surface area contributed by atoms with Gasteiger partial charge in [-0.2, -0.15) is 0 Å². The zero-order valence-corrected chi connectivity index (χ0v) is 15.5. The molecule has 0 aliphatic heterocycles. The topological polar surface area (TPSA) is 56.1 Å². The number of methoxy groups -OCH3 is 1. The van der Waals surface area contributed by atoms with Crippen molar-refractivity contribution in [1.82, 2.24) is 14.9 Å². The molecule has 0 unspecified atom stereocenters. The number of hydrogen-bond acceptors (Lipinski definition) is 3. The molecule has 0 atom stereocenters. The van der Waals surface area contributed by atoms with E-state index in [9.17, 15) is 4.79 Å². The number of carbonyl (C=O) groups excluding carboxylic acids is 1. The zero-order valence-electron chi connectivity index (χ0n) is 14.7. The van der Waals surface area contributed by atoms with Crippen LogP contribution >= 0.6 is 11.6 Å². The summed E-state index contributed by atoms with van der Waals surface area (Å²) in [6.45, 7) is 2.43. The normalized spacial score (nSPS) is 10.6. The van der Waals surface area contributed by atoms with Crippen LogP contribution in [0.3, 0.4) is 0 Å². The summed E-state index contributed by atoms with van der Waals surface area (Å²) in [6.07, 6.45) is 4.30. The van der Waals surface area contributed by atoms with Crippen LogP contribution < -0.4 is 10.1 Å². The summed E-state index contributed by atoms with van der Waals surface area (Å²) in [5, 5.41) is 3.63. The van der Waals surface area contributed by atoms with E-state index in [1.807, 2.05) is 48.0 Å². The van der Waals surface area contributed by atoms with Crippen LogP contribution in [0.25, 0.3) is 5.69 Å². The van der Waals surface area contributed by atoms with E-state index >= 15 is 0 Å². The highest BCUT2D eigenvalue weighted by Gasteiger charge is 2.12. The van der Waals surface area contributed by atoms with Crippen LogP contribution in [0.5, 0.6) is 5.75 Å². The summed E-state index contributed by atoms with van der Waals surface area (Å²) in [7, 11) is 1.59. The number of nitrogens with one attached hydrogen (secondary N) is 1. The largest absolute Gasteiger partial charge is 0.495 e. The molecule has 1 heterocycles. The lowest BCUT2D eigenvalue weighted by Crippen LogP contribution is -2.25. The molecule has 0 bridgehead atoms. The fraction of sp³-hybridized carbons (Fsp3) is 0.200. The fourth-order valence-electron chi connectivity index (χ4n) is 2.70. The summed E-state index contributed by atoms with van der Waals surface area (Å²) in [6, 6.07) is 13.0. The molecule has 0 saturated carbocycles. The number of nitrogens with zero attached hydrogens (tertiary/aromatic N) is 2. The molecule has 0 aliphatic rings. The summed E-state index contributed by atoms with van der Waals surface area (Å²) in [5.41, 5.74) is 3.30. The van der Waals surface area contributed by atoms with Gasteiger partial charge in [0.05, 0.1) is 24.8 Å². The molecule has 3 aromatic rings. The Kier molecular flexibility index (Phi) is 5.58. The molecule has 0 fully saturated rings.